The molecule has 0 radical (unpaired) electrons. The van der Waals surface area contributed by atoms with Crippen molar-refractivity contribution in [2.45, 2.75) is 95.1 Å². The zero-order valence-electron chi connectivity index (χ0n) is 42.7. The third-order valence-electron chi connectivity index (χ3n) is 16.6. The largest absolute Gasteiger partial charge is 0.368 e. The van der Waals surface area contributed by atoms with E-state index >= 15 is 4.39 Å². The van der Waals surface area contributed by atoms with E-state index in [0.29, 0.717) is 92.3 Å². The number of carbonyl (C=O) groups excluding carboxylic acids is 5. The Hall–Kier alpha value is -6.04. The fourth-order valence-electron chi connectivity index (χ4n) is 12.0. The van der Waals surface area contributed by atoms with Gasteiger partial charge in [-0.15, -0.1) is 0 Å². The molecule has 2 saturated carbocycles. The van der Waals surface area contributed by atoms with Gasteiger partial charge in [-0.05, 0) is 118 Å². The van der Waals surface area contributed by atoms with E-state index in [1.807, 2.05) is 45.0 Å². The molecule has 4 saturated heterocycles. The summed E-state index contributed by atoms with van der Waals surface area (Å²) < 4.78 is 20.8. The summed E-state index contributed by atoms with van der Waals surface area (Å²) in [5, 5.41) is 11.2. The first-order chi connectivity index (χ1) is 36.0. The molecule has 2 aliphatic carbocycles. The fraction of sp³-hybridized carbons (Fsp3) is 0.561. The van der Waals surface area contributed by atoms with Crippen molar-refractivity contribution < 1.29 is 33.1 Å². The number of H-pyrrole nitrogens is 1. The van der Waals surface area contributed by atoms with Crippen LogP contribution in [-0.4, -0.2) is 180 Å². The number of aromatic nitrogens is 2. The van der Waals surface area contributed by atoms with E-state index in [2.05, 4.69) is 31.4 Å². The van der Waals surface area contributed by atoms with Gasteiger partial charge in [0.05, 0.1) is 29.3 Å². The Morgan fingerprint density at radius 3 is 2.18 bits per heavy atom. The topological polar surface area (TPSA) is 172 Å². The van der Waals surface area contributed by atoms with Gasteiger partial charge in [-0.3, -0.25) is 38.6 Å². The lowest BCUT2D eigenvalue weighted by Crippen LogP contribution is -2.57. The van der Waals surface area contributed by atoms with Gasteiger partial charge in [0.2, 0.25) is 17.7 Å². The van der Waals surface area contributed by atoms with Crippen LogP contribution in [0.4, 0.5) is 4.39 Å². The molecule has 0 bridgehead atoms. The van der Waals surface area contributed by atoms with Crippen LogP contribution in [0.1, 0.15) is 114 Å². The maximum absolute atomic E-state index is 15.1. The van der Waals surface area contributed by atoms with Crippen molar-refractivity contribution in [1.82, 2.24) is 44.9 Å². The van der Waals surface area contributed by atoms with Crippen molar-refractivity contribution >= 4 is 40.3 Å². The smallest absolute Gasteiger partial charge is 0.272 e. The van der Waals surface area contributed by atoms with Crippen molar-refractivity contribution in [2.75, 3.05) is 98.2 Å². The Balaban J connectivity index is 0.654. The van der Waals surface area contributed by atoms with E-state index in [0.717, 1.165) is 115 Å². The molecule has 74 heavy (non-hydrogen) atoms. The molecule has 10 rings (SSSR count). The predicted octanol–water partition coefficient (Wildman–Crippen LogP) is 5.06. The molecule has 1 aromatic heterocycles. The molecular weight excluding hydrogens is 942 g/mol. The molecular formula is C57H72FN9O7. The zero-order chi connectivity index (χ0) is 51.1. The van der Waals surface area contributed by atoms with Crippen LogP contribution >= 0.6 is 0 Å². The number of piperazine rings is 2. The van der Waals surface area contributed by atoms with Crippen molar-refractivity contribution in [3.8, 4) is 0 Å². The number of piperidine rings is 2. The number of rotatable bonds is 15. The molecule has 3 aromatic carbocycles. The number of halogens is 1. The van der Waals surface area contributed by atoms with Crippen molar-refractivity contribution in [2.24, 2.45) is 11.8 Å². The van der Waals surface area contributed by atoms with Crippen molar-refractivity contribution in [1.29, 1.82) is 0 Å². The molecule has 4 aliphatic heterocycles. The molecule has 5 amide bonds. The van der Waals surface area contributed by atoms with Crippen LogP contribution in [0, 0.1) is 17.7 Å². The summed E-state index contributed by atoms with van der Waals surface area (Å²) in [6.45, 7) is 8.61. The summed E-state index contributed by atoms with van der Waals surface area (Å²) in [6, 6.07) is 18.8. The third-order valence-corrected chi connectivity index (χ3v) is 16.6. The molecule has 16 nitrogen and oxygen atoms in total. The van der Waals surface area contributed by atoms with Gasteiger partial charge in [0, 0.05) is 95.3 Å². The summed E-state index contributed by atoms with van der Waals surface area (Å²) in [5.41, 5.74) is 2.61. The SMILES string of the molecule is O=C(NC(C(=O)N1CCN(CC2CCN(CC(=O)N3CCN(C(=O)c4cc(Cc5n[nH]c(=O)c6ccccc56)ccc4F)CC3)CC2)CC1)C1CCCCC1)c1cccc(C2CCCN(C(=O)COC3CC3)C2)c1. The molecule has 2 N–H and O–H groups in total. The minimum absolute atomic E-state index is 0.0215. The lowest BCUT2D eigenvalue weighted by atomic mass is 9.83. The average Bonchev–Trinajstić information content (AvgIpc) is 4.28. The Morgan fingerprint density at radius 1 is 0.689 bits per heavy atom. The molecule has 394 valence electrons. The number of nitrogens with one attached hydrogen (secondary N) is 2. The van der Waals surface area contributed by atoms with Crippen LogP contribution < -0.4 is 10.9 Å². The monoisotopic (exact) mass is 1010 g/mol. The van der Waals surface area contributed by atoms with Crippen molar-refractivity contribution in [3.63, 3.8) is 0 Å². The number of likely N-dealkylation sites (tertiary alicyclic amines) is 2. The van der Waals surface area contributed by atoms with Crippen LogP contribution in [0.15, 0.2) is 71.5 Å². The van der Waals surface area contributed by atoms with E-state index in [4.69, 9.17) is 4.74 Å². The van der Waals surface area contributed by atoms with Gasteiger partial charge in [0.15, 0.2) is 0 Å². The van der Waals surface area contributed by atoms with Gasteiger partial charge in [0.25, 0.3) is 17.4 Å². The number of hydrogen-bond donors (Lipinski definition) is 2. The highest BCUT2D eigenvalue weighted by Crippen LogP contribution is 2.31. The number of aromatic amines is 1. The zero-order valence-corrected chi connectivity index (χ0v) is 42.7. The number of amides is 5. The molecule has 17 heteroatoms. The maximum Gasteiger partial charge on any atom is 0.272 e. The van der Waals surface area contributed by atoms with Gasteiger partial charge in [0.1, 0.15) is 18.5 Å². The Labute approximate surface area is 432 Å². The number of ether oxygens (including phenoxy) is 1. The van der Waals surface area contributed by atoms with Crippen LogP contribution in [0.2, 0.25) is 0 Å². The number of nitrogens with zero attached hydrogens (tertiary/aromatic N) is 7. The number of fused-ring (bicyclic) bond motifs is 1. The third kappa shape index (κ3) is 12.5. The molecule has 6 aliphatic rings. The molecule has 6 fully saturated rings. The molecule has 0 spiro atoms. The van der Waals surface area contributed by atoms with Crippen molar-refractivity contribution in [3.05, 3.63) is 111 Å². The van der Waals surface area contributed by atoms with Gasteiger partial charge < -0.3 is 29.7 Å². The summed E-state index contributed by atoms with van der Waals surface area (Å²) in [5.74, 6) is -0.406. The first-order valence-electron chi connectivity index (χ1n) is 27.4. The predicted molar refractivity (Wildman–Crippen MR) is 278 cm³/mol. The van der Waals surface area contributed by atoms with E-state index in [1.165, 1.54) is 6.07 Å². The molecule has 2 atom stereocenters. The second kappa shape index (κ2) is 23.7. The number of hydrogen-bond acceptors (Lipinski definition) is 10. The molecule has 2 unspecified atom stereocenters. The Morgan fingerprint density at radius 2 is 1.42 bits per heavy atom. The minimum Gasteiger partial charge on any atom is -0.368 e. The van der Waals surface area contributed by atoms with Crippen LogP contribution in [0.3, 0.4) is 0 Å². The molecule has 5 heterocycles. The normalized spacial score (nSPS) is 21.2. The van der Waals surface area contributed by atoms with Gasteiger partial charge >= 0.3 is 0 Å². The standard InChI is InChI=1S/C57H72FN9O7/c58-49-18-15-40(33-50-46-13-4-5-14-47(46)55(71)61-60-50)32-48(49)56(72)65-30-28-64(29-31-65)51(68)37-62-22-19-39(20-23-62)35-63-24-26-66(27-25-63)57(73)53(41-8-2-1-3-9-41)59-54(70)43-11-6-10-42(34-43)44-12-7-21-67(36-44)52(69)38-74-45-16-17-45/h4-6,10-11,13-15,18,32,34,39,41,44-45,53H,1-3,7-9,12,16-17,19-31,33,35-38H2,(H,59,70)(H,61,71). The second-order valence-corrected chi connectivity index (χ2v) is 21.7. The summed E-state index contributed by atoms with van der Waals surface area (Å²) in [7, 11) is 0. The van der Waals surface area contributed by atoms with Crippen LogP contribution in [0.5, 0.6) is 0 Å². The van der Waals surface area contributed by atoms with Gasteiger partial charge in [-0.1, -0.05) is 55.7 Å². The summed E-state index contributed by atoms with van der Waals surface area (Å²) >= 11 is 0. The number of carbonyl (C=O) groups is 5. The highest BCUT2D eigenvalue weighted by Gasteiger charge is 2.37. The van der Waals surface area contributed by atoms with Crippen LogP contribution in [-0.2, 0) is 25.5 Å². The second-order valence-electron chi connectivity index (χ2n) is 21.7. The average molecular weight is 1010 g/mol. The highest BCUT2D eigenvalue weighted by atomic mass is 19.1. The van der Waals surface area contributed by atoms with E-state index in [1.54, 1.807) is 29.2 Å². The van der Waals surface area contributed by atoms with Gasteiger partial charge in [-0.25, -0.2) is 9.49 Å². The first-order valence-corrected chi connectivity index (χ1v) is 27.4. The Kier molecular flexibility index (Phi) is 16.5. The van der Waals surface area contributed by atoms with E-state index in [-0.39, 0.29) is 59.3 Å². The highest BCUT2D eigenvalue weighted by molar-refractivity contribution is 5.98. The summed E-state index contributed by atoms with van der Waals surface area (Å²) in [6.07, 6.45) is 11.5. The lowest BCUT2D eigenvalue weighted by Gasteiger charge is -2.41. The Bertz CT molecular complexity index is 2720. The quantitative estimate of drug-likeness (QED) is 0.164. The molecule has 4 aromatic rings. The summed E-state index contributed by atoms with van der Waals surface area (Å²) in [4.78, 5) is 92.7. The first kappa shape index (κ1) is 51.4. The van der Waals surface area contributed by atoms with Gasteiger partial charge in [-0.2, -0.15) is 5.10 Å². The lowest BCUT2D eigenvalue weighted by molar-refractivity contribution is -0.138. The van der Waals surface area contributed by atoms with Crippen LogP contribution in [0.25, 0.3) is 10.8 Å². The van der Waals surface area contributed by atoms with E-state index in [9.17, 15) is 28.8 Å². The maximum atomic E-state index is 15.1. The minimum atomic E-state index is -0.606. The fourth-order valence-corrected chi connectivity index (χ4v) is 12.0. The number of benzene rings is 3. The van der Waals surface area contributed by atoms with E-state index < -0.39 is 17.8 Å².